The maximum absolute atomic E-state index is 10.7. The molecule has 2 atom stereocenters. The van der Waals surface area contributed by atoms with Crippen molar-refractivity contribution >= 4 is 43.9 Å². The lowest BCUT2D eigenvalue weighted by molar-refractivity contribution is 0.117. The van der Waals surface area contributed by atoms with E-state index in [4.69, 9.17) is 9.83 Å². The molecule has 5 rings (SSSR count). The summed E-state index contributed by atoms with van der Waals surface area (Å²) < 4.78 is 0.938. The topological polar surface area (TPSA) is 70.0 Å². The third-order valence-corrected chi connectivity index (χ3v) is 6.90. The highest BCUT2D eigenvalue weighted by Gasteiger charge is 2.29. The molecule has 1 aliphatic heterocycles. The van der Waals surface area contributed by atoms with Crippen molar-refractivity contribution in [1.82, 2.24) is 4.98 Å². The lowest BCUT2D eigenvalue weighted by Crippen LogP contribution is -2.16. The molecule has 0 saturated heterocycles. The van der Waals surface area contributed by atoms with Crippen LogP contribution in [0.1, 0.15) is 50.2 Å². The number of fused-ring (bicyclic) bond motifs is 2. The molecule has 2 N–H and O–H groups in total. The van der Waals surface area contributed by atoms with Crippen LogP contribution < -0.4 is 0 Å². The Balaban J connectivity index is 1.44. The van der Waals surface area contributed by atoms with E-state index in [1.54, 1.807) is 0 Å². The smallest absolute Gasteiger partial charge is 0.199 e. The fraction of sp³-hybridized carbons (Fsp3) is 0.360. The van der Waals surface area contributed by atoms with E-state index in [1.165, 1.54) is 25.7 Å². The zero-order valence-electron chi connectivity index (χ0n) is 17.6. The zero-order chi connectivity index (χ0) is 21.4. The minimum Gasteiger partial charge on any atom is -0.494 e. The molecule has 1 aliphatic carbocycles. The number of nitrogens with zero attached hydrogens (tertiary/aromatic N) is 2. The molecular weight excluding hydrogens is 454 g/mol. The Morgan fingerprint density at radius 3 is 2.97 bits per heavy atom. The number of nitrogens with one attached hydrogen (secondary N) is 1. The van der Waals surface area contributed by atoms with Crippen molar-refractivity contribution < 1.29 is 9.94 Å². The Morgan fingerprint density at radius 1 is 1.23 bits per heavy atom. The average Bonchev–Trinajstić information content (AvgIpc) is 3.27. The molecule has 0 amide bonds. The van der Waals surface area contributed by atoms with Gasteiger partial charge in [0.25, 0.3) is 0 Å². The molecule has 0 spiro atoms. The van der Waals surface area contributed by atoms with Gasteiger partial charge in [0, 0.05) is 20.9 Å². The van der Waals surface area contributed by atoms with Crippen LogP contribution >= 0.6 is 15.9 Å². The molecule has 2 aromatic carbocycles. The monoisotopic (exact) mass is 479 g/mol. The van der Waals surface area contributed by atoms with Crippen LogP contribution in [0.4, 0.5) is 5.69 Å². The molecular formula is C25H26BrN3O2. The van der Waals surface area contributed by atoms with Gasteiger partial charge in [-0.15, -0.1) is 0 Å². The number of aliphatic imine (C=N–C) groups is 1. The predicted molar refractivity (Wildman–Crippen MR) is 129 cm³/mol. The molecule has 1 aromatic heterocycles. The summed E-state index contributed by atoms with van der Waals surface area (Å²) in [4.78, 5) is 13.7. The van der Waals surface area contributed by atoms with Gasteiger partial charge < -0.3 is 14.9 Å². The number of oxime groups is 1. The highest BCUT2D eigenvalue weighted by Crippen LogP contribution is 2.36. The number of rotatable bonds is 5. The van der Waals surface area contributed by atoms with E-state index in [0.29, 0.717) is 23.6 Å². The van der Waals surface area contributed by atoms with E-state index in [0.717, 1.165) is 44.9 Å². The number of aromatic nitrogens is 1. The number of para-hydroxylation sites is 1. The van der Waals surface area contributed by atoms with Gasteiger partial charge in [-0.2, -0.15) is 0 Å². The van der Waals surface area contributed by atoms with Crippen LogP contribution in [-0.4, -0.2) is 28.1 Å². The van der Waals surface area contributed by atoms with Crippen LogP contribution in [0.25, 0.3) is 10.9 Å². The molecule has 160 valence electrons. The number of aromatic amines is 1. The minimum atomic E-state index is 0.0866. The van der Waals surface area contributed by atoms with Gasteiger partial charge in [-0.25, -0.2) is 4.99 Å². The SMILES string of the molecule is CC1CCCC(CCON=C2C(c3c(O)[nH]c4ccc(Br)cc34)=Nc3ccccc32)C1. The van der Waals surface area contributed by atoms with Gasteiger partial charge >= 0.3 is 0 Å². The summed E-state index contributed by atoms with van der Waals surface area (Å²) in [5.41, 5.74) is 4.56. The molecule has 0 radical (unpaired) electrons. The van der Waals surface area contributed by atoms with E-state index in [2.05, 4.69) is 33.0 Å². The highest BCUT2D eigenvalue weighted by atomic mass is 79.9. The van der Waals surface area contributed by atoms with Crippen molar-refractivity contribution in [1.29, 1.82) is 0 Å². The van der Waals surface area contributed by atoms with Crippen molar-refractivity contribution in [2.24, 2.45) is 22.0 Å². The number of benzene rings is 2. The summed E-state index contributed by atoms with van der Waals surface area (Å²) in [6, 6.07) is 13.7. The first-order valence-corrected chi connectivity index (χ1v) is 11.8. The quantitative estimate of drug-likeness (QED) is 0.315. The lowest BCUT2D eigenvalue weighted by Gasteiger charge is -2.26. The van der Waals surface area contributed by atoms with Crippen LogP contribution in [0.3, 0.4) is 0 Å². The molecule has 31 heavy (non-hydrogen) atoms. The molecule has 6 heteroatoms. The Morgan fingerprint density at radius 2 is 2.10 bits per heavy atom. The fourth-order valence-electron chi connectivity index (χ4n) is 4.88. The van der Waals surface area contributed by atoms with Gasteiger partial charge in [-0.1, -0.05) is 65.5 Å². The second-order valence-electron chi connectivity index (χ2n) is 8.72. The molecule has 2 unspecified atom stereocenters. The summed E-state index contributed by atoms with van der Waals surface area (Å²) in [7, 11) is 0. The number of H-pyrrole nitrogens is 1. The fourth-order valence-corrected chi connectivity index (χ4v) is 5.24. The number of hydrogen-bond donors (Lipinski definition) is 2. The number of aromatic hydroxyl groups is 1. The zero-order valence-corrected chi connectivity index (χ0v) is 19.2. The van der Waals surface area contributed by atoms with Crippen molar-refractivity contribution in [2.45, 2.75) is 39.0 Å². The Labute approximate surface area is 190 Å². The Hall–Kier alpha value is -2.60. The normalized spacial score (nSPS) is 22.0. The van der Waals surface area contributed by atoms with Crippen molar-refractivity contribution in [3.05, 3.63) is 58.1 Å². The van der Waals surface area contributed by atoms with E-state index < -0.39 is 0 Å². The predicted octanol–water partition coefficient (Wildman–Crippen LogP) is 6.71. The average molecular weight is 480 g/mol. The van der Waals surface area contributed by atoms with E-state index >= 15 is 0 Å². The second-order valence-corrected chi connectivity index (χ2v) is 9.63. The van der Waals surface area contributed by atoms with E-state index in [1.807, 2.05) is 42.5 Å². The second kappa shape index (κ2) is 8.50. The van der Waals surface area contributed by atoms with Crippen molar-refractivity contribution in [2.75, 3.05) is 6.61 Å². The van der Waals surface area contributed by atoms with Crippen molar-refractivity contribution in [3.8, 4) is 5.88 Å². The first-order valence-electron chi connectivity index (χ1n) is 11.0. The number of halogens is 1. The van der Waals surface area contributed by atoms with E-state index in [-0.39, 0.29) is 5.88 Å². The van der Waals surface area contributed by atoms with Crippen LogP contribution in [0.5, 0.6) is 5.88 Å². The van der Waals surface area contributed by atoms with Gasteiger partial charge in [0.2, 0.25) is 0 Å². The van der Waals surface area contributed by atoms with Crippen LogP contribution in [0.15, 0.2) is 57.1 Å². The summed E-state index contributed by atoms with van der Waals surface area (Å²) in [6.07, 6.45) is 6.27. The van der Waals surface area contributed by atoms with Crippen LogP contribution in [-0.2, 0) is 4.84 Å². The van der Waals surface area contributed by atoms with Gasteiger partial charge in [-0.05, 0) is 48.9 Å². The van der Waals surface area contributed by atoms with Gasteiger partial charge in [0.15, 0.2) is 5.88 Å². The molecule has 2 heterocycles. The summed E-state index contributed by atoms with van der Waals surface area (Å²) >= 11 is 3.53. The summed E-state index contributed by atoms with van der Waals surface area (Å²) in [5, 5.41) is 16.1. The molecule has 1 fully saturated rings. The highest BCUT2D eigenvalue weighted by molar-refractivity contribution is 9.10. The lowest BCUT2D eigenvalue weighted by atomic mass is 9.81. The Bertz CT molecular complexity index is 1180. The third-order valence-electron chi connectivity index (χ3n) is 6.41. The number of hydrogen-bond acceptors (Lipinski definition) is 4. The first kappa shape index (κ1) is 20.3. The molecule has 3 aromatic rings. The summed E-state index contributed by atoms with van der Waals surface area (Å²) in [5.74, 6) is 1.63. The third kappa shape index (κ3) is 4.01. The Kier molecular flexibility index (Phi) is 5.57. The van der Waals surface area contributed by atoms with Gasteiger partial charge in [-0.3, -0.25) is 0 Å². The van der Waals surface area contributed by atoms with Gasteiger partial charge in [0.1, 0.15) is 18.0 Å². The molecule has 1 saturated carbocycles. The molecule has 0 bridgehead atoms. The largest absolute Gasteiger partial charge is 0.494 e. The maximum Gasteiger partial charge on any atom is 0.199 e. The standard InChI is InChI=1S/C25H26BrN3O2/c1-15-5-4-6-16(13-15)11-12-31-29-23-18-7-2-3-8-20(18)27-24(23)22-19-14-17(26)9-10-21(19)28-25(22)30/h2-3,7-10,14-16,28,30H,4-6,11-13H2,1H3. The van der Waals surface area contributed by atoms with Crippen LogP contribution in [0, 0.1) is 11.8 Å². The summed E-state index contributed by atoms with van der Waals surface area (Å²) in [6.45, 7) is 2.94. The van der Waals surface area contributed by atoms with E-state index in [9.17, 15) is 5.11 Å². The first-order chi connectivity index (χ1) is 15.1. The minimum absolute atomic E-state index is 0.0866. The molecule has 2 aliphatic rings. The van der Waals surface area contributed by atoms with Crippen LogP contribution in [0.2, 0.25) is 0 Å². The van der Waals surface area contributed by atoms with Gasteiger partial charge in [0.05, 0.1) is 11.3 Å². The maximum atomic E-state index is 10.7. The molecule has 5 nitrogen and oxygen atoms in total. The van der Waals surface area contributed by atoms with Crippen molar-refractivity contribution in [3.63, 3.8) is 0 Å².